The van der Waals surface area contributed by atoms with E-state index < -0.39 is 0 Å². The summed E-state index contributed by atoms with van der Waals surface area (Å²) in [5, 5.41) is 12.5. The van der Waals surface area contributed by atoms with Gasteiger partial charge in [0.2, 0.25) is 0 Å². The van der Waals surface area contributed by atoms with Gasteiger partial charge in [-0.05, 0) is 44.4 Å². The van der Waals surface area contributed by atoms with Crippen molar-refractivity contribution < 1.29 is 5.11 Å². The highest BCUT2D eigenvalue weighted by atomic mass is 16.3. The number of hydrogen-bond acceptors (Lipinski definition) is 3. The number of hydrogen-bond donors (Lipinski definition) is 2. The Hall–Kier alpha value is -1.06. The number of para-hydroxylation sites is 1. The monoisotopic (exact) mass is 248 g/mol. The molecule has 18 heavy (non-hydrogen) atoms. The molecule has 0 saturated carbocycles. The molecule has 1 saturated heterocycles. The fourth-order valence-corrected chi connectivity index (χ4v) is 2.65. The zero-order chi connectivity index (χ0) is 13.0. The van der Waals surface area contributed by atoms with E-state index in [1.54, 1.807) is 0 Å². The summed E-state index contributed by atoms with van der Waals surface area (Å²) >= 11 is 0. The first-order chi connectivity index (χ1) is 8.76. The van der Waals surface area contributed by atoms with Gasteiger partial charge in [-0.1, -0.05) is 18.2 Å². The van der Waals surface area contributed by atoms with Crippen LogP contribution >= 0.6 is 0 Å². The molecule has 3 nitrogen and oxygen atoms in total. The second-order valence-electron chi connectivity index (χ2n) is 5.18. The molecule has 1 aliphatic rings. The van der Waals surface area contributed by atoms with Crippen LogP contribution in [-0.4, -0.2) is 31.9 Å². The summed E-state index contributed by atoms with van der Waals surface area (Å²) in [6, 6.07) is 9.00. The molecule has 0 amide bonds. The van der Waals surface area contributed by atoms with Gasteiger partial charge < -0.3 is 15.3 Å². The molecule has 1 aliphatic heterocycles. The lowest BCUT2D eigenvalue weighted by atomic mass is 9.96. The van der Waals surface area contributed by atoms with E-state index in [0.717, 1.165) is 25.9 Å². The summed E-state index contributed by atoms with van der Waals surface area (Å²) in [5.41, 5.74) is 2.71. The van der Waals surface area contributed by atoms with Gasteiger partial charge in [-0.3, -0.25) is 0 Å². The number of nitrogens with zero attached hydrogens (tertiary/aromatic N) is 1. The van der Waals surface area contributed by atoms with Gasteiger partial charge in [-0.2, -0.15) is 0 Å². The third kappa shape index (κ3) is 2.85. The van der Waals surface area contributed by atoms with Crippen molar-refractivity contribution in [3.63, 3.8) is 0 Å². The molecule has 1 aromatic rings. The van der Waals surface area contributed by atoms with Gasteiger partial charge in [-0.15, -0.1) is 0 Å². The molecular weight excluding hydrogens is 224 g/mol. The van der Waals surface area contributed by atoms with Crippen LogP contribution in [0.2, 0.25) is 0 Å². The molecule has 0 radical (unpaired) electrons. The van der Waals surface area contributed by atoms with Crippen molar-refractivity contribution in [2.24, 2.45) is 5.92 Å². The fraction of sp³-hybridized carbons (Fsp3) is 0.600. The van der Waals surface area contributed by atoms with Crippen molar-refractivity contribution in [2.75, 3.05) is 31.6 Å². The second kappa shape index (κ2) is 6.21. The number of rotatable bonds is 4. The van der Waals surface area contributed by atoms with E-state index in [4.69, 9.17) is 0 Å². The Morgan fingerprint density at radius 2 is 2.00 bits per heavy atom. The lowest BCUT2D eigenvalue weighted by molar-refractivity contribution is 0.203. The summed E-state index contributed by atoms with van der Waals surface area (Å²) < 4.78 is 0. The summed E-state index contributed by atoms with van der Waals surface area (Å²) in [6.45, 7) is 4.64. The molecule has 3 heteroatoms. The largest absolute Gasteiger partial charge is 0.396 e. The zero-order valence-corrected chi connectivity index (χ0v) is 11.4. The molecule has 0 aromatic heterocycles. The highest BCUT2D eigenvalue weighted by Crippen LogP contribution is 2.29. The molecule has 0 bridgehead atoms. The Kier molecular flexibility index (Phi) is 4.61. The molecule has 0 aliphatic carbocycles. The van der Waals surface area contributed by atoms with Gasteiger partial charge in [0, 0.05) is 31.4 Å². The number of piperidine rings is 1. The SMILES string of the molecule is CNC(C)c1ccccc1N1CCC(CO)CC1. The molecule has 0 spiro atoms. The van der Waals surface area contributed by atoms with Gasteiger partial charge in [0.25, 0.3) is 0 Å². The molecule has 100 valence electrons. The Balaban J connectivity index is 2.13. The molecule has 2 N–H and O–H groups in total. The van der Waals surface area contributed by atoms with Gasteiger partial charge >= 0.3 is 0 Å². The first-order valence-corrected chi connectivity index (χ1v) is 6.88. The van der Waals surface area contributed by atoms with Crippen molar-refractivity contribution in [1.82, 2.24) is 5.32 Å². The first-order valence-electron chi connectivity index (χ1n) is 6.88. The number of aliphatic hydroxyl groups is 1. The first kappa shape index (κ1) is 13.4. The summed E-state index contributed by atoms with van der Waals surface area (Å²) in [4.78, 5) is 2.45. The Morgan fingerprint density at radius 1 is 1.33 bits per heavy atom. The lowest BCUT2D eigenvalue weighted by Crippen LogP contribution is -2.35. The van der Waals surface area contributed by atoms with Crippen molar-refractivity contribution in [3.8, 4) is 0 Å². The van der Waals surface area contributed by atoms with Crippen LogP contribution in [0.1, 0.15) is 31.4 Å². The molecule has 2 rings (SSSR count). The molecule has 1 atom stereocenters. The molecule has 1 heterocycles. The van der Waals surface area contributed by atoms with E-state index in [1.165, 1.54) is 11.3 Å². The van der Waals surface area contributed by atoms with Crippen molar-refractivity contribution >= 4 is 5.69 Å². The minimum absolute atomic E-state index is 0.336. The van der Waals surface area contributed by atoms with Gasteiger partial charge in [-0.25, -0.2) is 0 Å². The molecule has 1 fully saturated rings. The highest BCUT2D eigenvalue weighted by molar-refractivity contribution is 5.55. The highest BCUT2D eigenvalue weighted by Gasteiger charge is 2.21. The van der Waals surface area contributed by atoms with Gasteiger partial charge in [0.1, 0.15) is 0 Å². The van der Waals surface area contributed by atoms with Crippen LogP contribution in [0.15, 0.2) is 24.3 Å². The normalized spacial score (nSPS) is 18.9. The third-order valence-corrected chi connectivity index (χ3v) is 4.05. The Labute approximate surface area is 110 Å². The van der Waals surface area contributed by atoms with Crippen LogP contribution in [0.25, 0.3) is 0 Å². The van der Waals surface area contributed by atoms with E-state index in [-0.39, 0.29) is 0 Å². The van der Waals surface area contributed by atoms with E-state index >= 15 is 0 Å². The number of benzene rings is 1. The van der Waals surface area contributed by atoms with Crippen LogP contribution < -0.4 is 10.2 Å². The number of anilines is 1. The lowest BCUT2D eigenvalue weighted by Gasteiger charge is -2.35. The smallest absolute Gasteiger partial charge is 0.0460 e. The van der Waals surface area contributed by atoms with Crippen molar-refractivity contribution in [3.05, 3.63) is 29.8 Å². The number of aliphatic hydroxyl groups excluding tert-OH is 1. The van der Waals surface area contributed by atoms with Crippen molar-refractivity contribution in [2.45, 2.75) is 25.8 Å². The van der Waals surface area contributed by atoms with E-state index in [1.807, 2.05) is 7.05 Å². The average Bonchev–Trinajstić information content (AvgIpc) is 2.46. The van der Waals surface area contributed by atoms with E-state index in [2.05, 4.69) is 41.4 Å². The molecular formula is C15H24N2O. The van der Waals surface area contributed by atoms with Gasteiger partial charge in [0.05, 0.1) is 0 Å². The van der Waals surface area contributed by atoms with Gasteiger partial charge in [0.15, 0.2) is 0 Å². The predicted molar refractivity (Wildman–Crippen MR) is 75.9 cm³/mol. The minimum atomic E-state index is 0.336. The average molecular weight is 248 g/mol. The van der Waals surface area contributed by atoms with E-state index in [9.17, 15) is 5.11 Å². The zero-order valence-electron chi connectivity index (χ0n) is 11.4. The van der Waals surface area contributed by atoms with Crippen LogP contribution in [0.4, 0.5) is 5.69 Å². The van der Waals surface area contributed by atoms with Crippen LogP contribution in [0.3, 0.4) is 0 Å². The van der Waals surface area contributed by atoms with Crippen molar-refractivity contribution in [1.29, 1.82) is 0 Å². The Bertz CT molecular complexity index is 373. The summed E-state index contributed by atoms with van der Waals surface area (Å²) in [5.74, 6) is 0.495. The maximum atomic E-state index is 9.20. The number of nitrogens with one attached hydrogen (secondary N) is 1. The Morgan fingerprint density at radius 3 is 2.61 bits per heavy atom. The molecule has 1 aromatic carbocycles. The molecule has 1 unspecified atom stereocenters. The maximum Gasteiger partial charge on any atom is 0.0460 e. The topological polar surface area (TPSA) is 35.5 Å². The maximum absolute atomic E-state index is 9.20. The third-order valence-electron chi connectivity index (χ3n) is 4.05. The fourth-order valence-electron chi connectivity index (χ4n) is 2.65. The van der Waals surface area contributed by atoms with Crippen LogP contribution in [-0.2, 0) is 0 Å². The second-order valence-corrected chi connectivity index (χ2v) is 5.18. The predicted octanol–water partition coefficient (Wildman–Crippen LogP) is 2.18. The quantitative estimate of drug-likeness (QED) is 0.857. The summed E-state index contributed by atoms with van der Waals surface area (Å²) in [6.07, 6.45) is 2.19. The van der Waals surface area contributed by atoms with E-state index in [0.29, 0.717) is 18.6 Å². The minimum Gasteiger partial charge on any atom is -0.396 e. The standard InChI is InChI=1S/C15H24N2O/c1-12(16-2)14-5-3-4-6-15(14)17-9-7-13(11-18)8-10-17/h3-6,12-13,16,18H,7-11H2,1-2H3. The van der Waals surface area contributed by atoms with Crippen LogP contribution in [0.5, 0.6) is 0 Å². The summed E-state index contributed by atoms with van der Waals surface area (Å²) in [7, 11) is 2.00. The van der Waals surface area contributed by atoms with Crippen LogP contribution in [0, 0.1) is 5.92 Å².